The number of thiophene rings is 1. The molecule has 36 heavy (non-hydrogen) atoms. The third kappa shape index (κ3) is 11.9. The van der Waals surface area contributed by atoms with E-state index >= 15 is 0 Å². The minimum absolute atomic E-state index is 0.0628. The van der Waals surface area contributed by atoms with Crippen molar-refractivity contribution in [1.82, 2.24) is 0 Å². The molecule has 0 radical (unpaired) electrons. The van der Waals surface area contributed by atoms with E-state index in [-0.39, 0.29) is 6.61 Å². The normalized spacial score (nSPS) is 12.1. The van der Waals surface area contributed by atoms with Gasteiger partial charge in [-0.1, -0.05) is 109 Å². The molecule has 0 aliphatic carbocycles. The number of hydrogen-bond acceptors (Lipinski definition) is 3. The Kier molecular flexibility index (Phi) is 15.5. The summed E-state index contributed by atoms with van der Waals surface area (Å²) in [4.78, 5) is 13.4. The Bertz CT molecular complexity index is 846. The second-order valence-electron chi connectivity index (χ2n) is 9.97. The van der Waals surface area contributed by atoms with Crippen LogP contribution in [0.1, 0.15) is 125 Å². The van der Waals surface area contributed by atoms with Gasteiger partial charge in [0.15, 0.2) is 0 Å². The van der Waals surface area contributed by atoms with E-state index in [1.165, 1.54) is 69.1 Å². The number of aryl methyl sites for hydroxylation is 1. The molecule has 0 saturated carbocycles. The molecule has 1 atom stereocenters. The molecule has 1 heterocycles. The van der Waals surface area contributed by atoms with Gasteiger partial charge >= 0.3 is 5.97 Å². The smallest absolute Gasteiger partial charge is 0.346 e. The molecule has 0 amide bonds. The van der Waals surface area contributed by atoms with Gasteiger partial charge in [-0.15, -0.1) is 11.3 Å². The van der Waals surface area contributed by atoms with Gasteiger partial charge in [0.1, 0.15) is 23.4 Å². The molecule has 202 valence electrons. The van der Waals surface area contributed by atoms with Crippen molar-refractivity contribution < 1.29 is 19.0 Å². The molecule has 0 bridgehead atoms. The van der Waals surface area contributed by atoms with Crippen molar-refractivity contribution in [3.63, 3.8) is 0 Å². The summed E-state index contributed by atoms with van der Waals surface area (Å²) < 4.78 is 19.7. The van der Waals surface area contributed by atoms with E-state index in [1.807, 2.05) is 30.3 Å². The van der Waals surface area contributed by atoms with E-state index < -0.39 is 12.1 Å². The monoisotopic (exact) mass is 518 g/mol. The first-order valence-electron chi connectivity index (χ1n) is 14.3. The molecule has 0 aliphatic heterocycles. The van der Waals surface area contributed by atoms with E-state index in [4.69, 9.17) is 4.74 Å². The van der Waals surface area contributed by atoms with E-state index in [1.54, 1.807) is 0 Å². The summed E-state index contributed by atoms with van der Waals surface area (Å²) in [6, 6.07) is 9.41. The van der Waals surface area contributed by atoms with Crippen molar-refractivity contribution in [2.75, 3.05) is 6.61 Å². The zero-order valence-corrected chi connectivity index (χ0v) is 23.4. The molecule has 0 fully saturated rings. The maximum atomic E-state index is 14.1. The zero-order chi connectivity index (χ0) is 26.0. The molecule has 0 spiro atoms. The molecule has 0 aliphatic rings. The number of carbonyl (C=O) groups is 1. The molecule has 1 unspecified atom stereocenters. The molecule has 1 aromatic carbocycles. The van der Waals surface area contributed by atoms with Crippen LogP contribution in [0.2, 0.25) is 0 Å². The molecular formula is C31H47FO3S. The maximum Gasteiger partial charge on any atom is 0.346 e. The Morgan fingerprint density at radius 2 is 1.42 bits per heavy atom. The van der Waals surface area contributed by atoms with Gasteiger partial charge in [0.05, 0.1) is 0 Å². The Morgan fingerprint density at radius 1 is 0.861 bits per heavy atom. The molecule has 5 heteroatoms. The highest BCUT2D eigenvalue weighted by atomic mass is 32.1. The fourth-order valence-electron chi connectivity index (χ4n) is 4.52. The van der Waals surface area contributed by atoms with Gasteiger partial charge in [-0.05, 0) is 43.0 Å². The van der Waals surface area contributed by atoms with Crippen molar-refractivity contribution in [3.8, 4) is 16.9 Å². The fourth-order valence-corrected chi connectivity index (χ4v) is 5.58. The fraction of sp³-hybridized carbons (Fsp3) is 0.645. The van der Waals surface area contributed by atoms with E-state index in [0.717, 1.165) is 54.5 Å². The van der Waals surface area contributed by atoms with Crippen LogP contribution in [0.4, 0.5) is 4.39 Å². The summed E-state index contributed by atoms with van der Waals surface area (Å²) >= 11 is 1.39. The summed E-state index contributed by atoms with van der Waals surface area (Å²) in [5.74, 6) is -0.263. The molecule has 3 nitrogen and oxygen atoms in total. The lowest BCUT2D eigenvalue weighted by molar-refractivity contribution is 0.0703. The van der Waals surface area contributed by atoms with Gasteiger partial charge in [0, 0.05) is 10.4 Å². The summed E-state index contributed by atoms with van der Waals surface area (Å²) in [5.41, 5.74) is 1.63. The van der Waals surface area contributed by atoms with Crippen LogP contribution in [0, 0.1) is 0 Å². The quantitative estimate of drug-likeness (QED) is 0.167. The number of unbranched alkanes of at least 4 members (excludes halogenated alkanes) is 12. The summed E-state index contributed by atoms with van der Waals surface area (Å²) in [7, 11) is 0. The number of benzene rings is 1. The Balaban J connectivity index is 1.78. The van der Waals surface area contributed by atoms with Crippen LogP contribution in [-0.4, -0.2) is 23.9 Å². The van der Waals surface area contributed by atoms with Crippen molar-refractivity contribution in [1.29, 1.82) is 0 Å². The Hall–Kier alpha value is -1.88. The maximum absolute atomic E-state index is 14.1. The van der Waals surface area contributed by atoms with Crippen molar-refractivity contribution in [2.24, 2.45) is 0 Å². The molecule has 2 rings (SSSR count). The summed E-state index contributed by atoms with van der Waals surface area (Å²) in [6.07, 6.45) is 17.7. The third-order valence-corrected chi connectivity index (χ3v) is 7.90. The molecular weight excluding hydrogens is 471 g/mol. The number of ether oxygens (including phenoxy) is 1. The summed E-state index contributed by atoms with van der Waals surface area (Å²) in [5, 5.41) is 9.73. The SMILES string of the molecule is CCCCCCCCCCCCc1cc(-c2ccc(OCC(F)CCCCCC)cc2)c(C(=O)O)s1. The number of aromatic carboxylic acids is 1. The average molecular weight is 519 g/mol. The van der Waals surface area contributed by atoms with Crippen LogP contribution >= 0.6 is 11.3 Å². The van der Waals surface area contributed by atoms with Gasteiger partial charge in [-0.3, -0.25) is 0 Å². The number of alkyl halides is 1. The number of rotatable bonds is 21. The number of carboxylic acid groups (broad SMARTS) is 1. The standard InChI is InChI=1S/C31H47FO3S/c1-3-5-7-9-10-11-12-13-14-16-18-28-23-29(30(36-28)31(33)34)25-19-21-27(22-20-25)35-24-26(32)17-15-8-6-4-2/h19-23,26H,3-18,24H2,1-2H3,(H,33,34). The summed E-state index contributed by atoms with van der Waals surface area (Å²) in [6.45, 7) is 4.46. The van der Waals surface area contributed by atoms with Gasteiger partial charge < -0.3 is 9.84 Å². The highest BCUT2D eigenvalue weighted by molar-refractivity contribution is 7.14. The lowest BCUT2D eigenvalue weighted by Gasteiger charge is -2.11. The van der Waals surface area contributed by atoms with Crippen LogP contribution in [-0.2, 0) is 6.42 Å². The van der Waals surface area contributed by atoms with Crippen molar-refractivity contribution in [2.45, 2.75) is 123 Å². The number of carboxylic acids is 1. The van der Waals surface area contributed by atoms with Crippen molar-refractivity contribution in [3.05, 3.63) is 40.1 Å². The second-order valence-corrected chi connectivity index (χ2v) is 11.1. The molecule has 2 aromatic rings. The number of halogens is 1. The first-order valence-corrected chi connectivity index (χ1v) is 15.1. The van der Waals surface area contributed by atoms with Gasteiger partial charge in [-0.2, -0.15) is 0 Å². The molecule has 1 aromatic heterocycles. The Labute approximate surface area is 222 Å². The predicted octanol–water partition coefficient (Wildman–Crippen LogP) is 10.3. The Morgan fingerprint density at radius 3 is 2.00 bits per heavy atom. The predicted molar refractivity (Wildman–Crippen MR) is 151 cm³/mol. The van der Waals surface area contributed by atoms with E-state index in [9.17, 15) is 14.3 Å². The first kappa shape index (κ1) is 30.3. The van der Waals surface area contributed by atoms with Crippen LogP contribution < -0.4 is 4.74 Å². The highest BCUT2D eigenvalue weighted by Gasteiger charge is 2.17. The van der Waals surface area contributed by atoms with E-state index in [0.29, 0.717) is 17.0 Å². The largest absolute Gasteiger partial charge is 0.491 e. The van der Waals surface area contributed by atoms with Crippen LogP contribution in [0.3, 0.4) is 0 Å². The van der Waals surface area contributed by atoms with Gasteiger partial charge in [0.2, 0.25) is 0 Å². The lowest BCUT2D eigenvalue weighted by Crippen LogP contribution is -2.12. The van der Waals surface area contributed by atoms with Crippen LogP contribution in [0.15, 0.2) is 30.3 Å². The molecule has 1 N–H and O–H groups in total. The topological polar surface area (TPSA) is 46.5 Å². The lowest BCUT2D eigenvalue weighted by atomic mass is 10.0. The third-order valence-electron chi connectivity index (χ3n) is 6.72. The average Bonchev–Trinajstić information content (AvgIpc) is 3.31. The van der Waals surface area contributed by atoms with Crippen LogP contribution in [0.25, 0.3) is 11.1 Å². The molecule has 0 saturated heterocycles. The minimum Gasteiger partial charge on any atom is -0.491 e. The van der Waals surface area contributed by atoms with Crippen molar-refractivity contribution >= 4 is 17.3 Å². The van der Waals surface area contributed by atoms with Gasteiger partial charge in [-0.25, -0.2) is 9.18 Å². The first-order chi connectivity index (χ1) is 17.5. The number of hydrogen-bond donors (Lipinski definition) is 1. The van der Waals surface area contributed by atoms with Gasteiger partial charge in [0.25, 0.3) is 0 Å². The zero-order valence-electron chi connectivity index (χ0n) is 22.5. The minimum atomic E-state index is -0.953. The second kappa shape index (κ2) is 18.4. The van der Waals surface area contributed by atoms with E-state index in [2.05, 4.69) is 13.8 Å². The highest BCUT2D eigenvalue weighted by Crippen LogP contribution is 2.33. The van der Waals surface area contributed by atoms with Crippen LogP contribution in [0.5, 0.6) is 5.75 Å².